The Kier molecular flexibility index (Phi) is 8.61. The summed E-state index contributed by atoms with van der Waals surface area (Å²) in [6.07, 6.45) is 5.00. The number of hydrogen-bond acceptors (Lipinski definition) is 6. The summed E-state index contributed by atoms with van der Waals surface area (Å²) in [7, 11) is 0. The highest BCUT2D eigenvalue weighted by Crippen LogP contribution is 2.39. The van der Waals surface area contributed by atoms with Gasteiger partial charge in [-0.3, -0.25) is 14.5 Å². The van der Waals surface area contributed by atoms with Crippen molar-refractivity contribution in [3.8, 4) is 0 Å². The molecule has 1 saturated carbocycles. The molecule has 1 aromatic carbocycles. The second-order valence-corrected chi connectivity index (χ2v) is 10.5. The first-order valence-corrected chi connectivity index (χ1v) is 13.1. The molecule has 188 valence electrons. The third kappa shape index (κ3) is 6.18. The first kappa shape index (κ1) is 25.1. The van der Waals surface area contributed by atoms with Crippen molar-refractivity contribution in [3.63, 3.8) is 0 Å². The SMILES string of the molecule is O=C(C1CCC1)N1CCCCC2(CCN(Cc3ccccc3)CC2)C(=O)OC[C@@H](O)[C@@H](O)CC1. The molecule has 0 aromatic heterocycles. The normalized spacial score (nSPS) is 27.7. The van der Waals surface area contributed by atoms with Gasteiger partial charge >= 0.3 is 5.97 Å². The Labute approximate surface area is 203 Å². The van der Waals surface area contributed by atoms with E-state index in [1.165, 1.54) is 5.56 Å². The molecule has 2 atom stereocenters. The van der Waals surface area contributed by atoms with E-state index in [0.29, 0.717) is 13.1 Å². The molecular weight excluding hydrogens is 432 g/mol. The van der Waals surface area contributed by atoms with E-state index in [9.17, 15) is 19.8 Å². The monoisotopic (exact) mass is 472 g/mol. The van der Waals surface area contributed by atoms with E-state index in [-0.39, 0.29) is 30.8 Å². The van der Waals surface area contributed by atoms with Gasteiger partial charge in [-0.15, -0.1) is 0 Å². The summed E-state index contributed by atoms with van der Waals surface area (Å²) in [6, 6.07) is 10.4. The van der Waals surface area contributed by atoms with Crippen molar-refractivity contribution in [2.75, 3.05) is 32.8 Å². The van der Waals surface area contributed by atoms with E-state index < -0.39 is 17.6 Å². The minimum Gasteiger partial charge on any atom is -0.462 e. The maximum Gasteiger partial charge on any atom is 0.312 e. The van der Waals surface area contributed by atoms with Crippen LogP contribution >= 0.6 is 0 Å². The summed E-state index contributed by atoms with van der Waals surface area (Å²) in [4.78, 5) is 30.4. The molecule has 2 heterocycles. The molecular formula is C27H40N2O5. The largest absolute Gasteiger partial charge is 0.462 e. The quantitative estimate of drug-likeness (QED) is 0.658. The number of cyclic esters (lactones) is 1. The number of benzene rings is 1. The van der Waals surface area contributed by atoms with Gasteiger partial charge in [0.2, 0.25) is 5.91 Å². The lowest BCUT2D eigenvalue weighted by Crippen LogP contribution is -2.45. The van der Waals surface area contributed by atoms with E-state index in [1.807, 2.05) is 23.1 Å². The summed E-state index contributed by atoms with van der Waals surface area (Å²) in [5.41, 5.74) is 0.707. The smallest absolute Gasteiger partial charge is 0.312 e. The summed E-state index contributed by atoms with van der Waals surface area (Å²) in [5.74, 6) is 0.0433. The molecule has 2 saturated heterocycles. The van der Waals surface area contributed by atoms with Crippen molar-refractivity contribution in [2.24, 2.45) is 11.3 Å². The van der Waals surface area contributed by atoms with Crippen LogP contribution in [0.25, 0.3) is 0 Å². The number of carbonyl (C=O) groups excluding carboxylic acids is 2. The topological polar surface area (TPSA) is 90.3 Å². The average molecular weight is 473 g/mol. The molecule has 7 nitrogen and oxygen atoms in total. The number of piperidine rings is 1. The Hall–Kier alpha value is -1.96. The van der Waals surface area contributed by atoms with Gasteiger partial charge in [-0.2, -0.15) is 0 Å². The number of likely N-dealkylation sites (tertiary alicyclic amines) is 1. The zero-order valence-corrected chi connectivity index (χ0v) is 20.2. The Bertz CT molecular complexity index is 804. The zero-order valence-electron chi connectivity index (χ0n) is 20.2. The fraction of sp³-hybridized carbons (Fsp3) is 0.704. The van der Waals surface area contributed by atoms with E-state index in [1.54, 1.807) is 0 Å². The number of nitrogens with zero attached hydrogens (tertiary/aromatic N) is 2. The van der Waals surface area contributed by atoms with Crippen LogP contribution in [-0.2, 0) is 20.9 Å². The van der Waals surface area contributed by atoms with Gasteiger partial charge in [0.1, 0.15) is 12.7 Å². The lowest BCUT2D eigenvalue weighted by molar-refractivity contribution is -0.165. The Morgan fingerprint density at radius 3 is 2.32 bits per heavy atom. The van der Waals surface area contributed by atoms with E-state index >= 15 is 0 Å². The predicted octanol–water partition coefficient (Wildman–Crippen LogP) is 2.74. The highest BCUT2D eigenvalue weighted by atomic mass is 16.5. The fourth-order valence-corrected chi connectivity index (χ4v) is 5.45. The highest BCUT2D eigenvalue weighted by Gasteiger charge is 2.43. The molecule has 0 bridgehead atoms. The van der Waals surface area contributed by atoms with Crippen LogP contribution in [-0.4, -0.2) is 76.9 Å². The van der Waals surface area contributed by atoms with Crippen LogP contribution in [0.15, 0.2) is 30.3 Å². The molecule has 3 fully saturated rings. The van der Waals surface area contributed by atoms with Gasteiger partial charge in [0, 0.05) is 25.6 Å². The van der Waals surface area contributed by atoms with Crippen LogP contribution in [0.1, 0.15) is 63.4 Å². The van der Waals surface area contributed by atoms with E-state index in [2.05, 4.69) is 17.0 Å². The number of esters is 1. The molecule has 7 heteroatoms. The van der Waals surface area contributed by atoms with Gasteiger partial charge in [0.15, 0.2) is 0 Å². The van der Waals surface area contributed by atoms with Gasteiger partial charge < -0.3 is 19.8 Å². The molecule has 2 aliphatic heterocycles. The molecule has 1 amide bonds. The maximum absolute atomic E-state index is 13.2. The molecule has 0 radical (unpaired) electrons. The van der Waals surface area contributed by atoms with Crippen molar-refractivity contribution in [3.05, 3.63) is 35.9 Å². The fourth-order valence-electron chi connectivity index (χ4n) is 5.45. The molecule has 34 heavy (non-hydrogen) atoms. The second kappa shape index (κ2) is 11.6. The summed E-state index contributed by atoms with van der Waals surface area (Å²) in [5, 5.41) is 20.8. The Balaban J connectivity index is 1.40. The molecule has 1 aromatic rings. The first-order valence-electron chi connectivity index (χ1n) is 13.1. The summed E-state index contributed by atoms with van der Waals surface area (Å²) >= 11 is 0. The van der Waals surface area contributed by atoms with Gasteiger partial charge in [-0.1, -0.05) is 43.2 Å². The number of aliphatic hydroxyl groups is 2. The van der Waals surface area contributed by atoms with Gasteiger partial charge in [-0.25, -0.2) is 0 Å². The van der Waals surface area contributed by atoms with Crippen LogP contribution in [0.3, 0.4) is 0 Å². The molecule has 1 aliphatic carbocycles. The number of rotatable bonds is 3. The molecule has 2 N–H and O–H groups in total. The van der Waals surface area contributed by atoms with Gasteiger partial charge in [-0.05, 0) is 63.6 Å². The van der Waals surface area contributed by atoms with Crippen LogP contribution in [0, 0.1) is 11.3 Å². The van der Waals surface area contributed by atoms with Crippen LogP contribution in [0.2, 0.25) is 0 Å². The van der Waals surface area contributed by atoms with E-state index in [0.717, 1.165) is 71.0 Å². The van der Waals surface area contributed by atoms with Gasteiger partial charge in [0.25, 0.3) is 0 Å². The number of amides is 1. The number of carbonyl (C=O) groups is 2. The molecule has 3 aliphatic rings. The van der Waals surface area contributed by atoms with Gasteiger partial charge in [0.05, 0.1) is 11.5 Å². The minimum absolute atomic E-state index is 0.114. The zero-order chi connectivity index (χ0) is 24.0. The Morgan fingerprint density at radius 2 is 1.65 bits per heavy atom. The third-order valence-corrected chi connectivity index (χ3v) is 8.12. The van der Waals surface area contributed by atoms with E-state index in [4.69, 9.17) is 4.74 Å². The van der Waals surface area contributed by atoms with Crippen LogP contribution in [0.5, 0.6) is 0 Å². The molecule has 0 unspecified atom stereocenters. The van der Waals surface area contributed by atoms with Crippen molar-refractivity contribution >= 4 is 11.9 Å². The number of aliphatic hydroxyl groups excluding tert-OH is 2. The lowest BCUT2D eigenvalue weighted by Gasteiger charge is -2.40. The van der Waals surface area contributed by atoms with Crippen molar-refractivity contribution in [1.82, 2.24) is 9.80 Å². The third-order valence-electron chi connectivity index (χ3n) is 8.12. The molecule has 4 rings (SSSR count). The van der Waals surface area contributed by atoms with Crippen molar-refractivity contribution in [1.29, 1.82) is 0 Å². The van der Waals surface area contributed by atoms with Crippen molar-refractivity contribution in [2.45, 2.75) is 76.5 Å². The molecule has 1 spiro atoms. The Morgan fingerprint density at radius 1 is 0.912 bits per heavy atom. The van der Waals surface area contributed by atoms with Crippen LogP contribution < -0.4 is 0 Å². The number of ether oxygens (including phenoxy) is 1. The van der Waals surface area contributed by atoms with Crippen LogP contribution in [0.4, 0.5) is 0 Å². The predicted molar refractivity (Wildman–Crippen MR) is 129 cm³/mol. The lowest BCUT2D eigenvalue weighted by atomic mass is 9.74. The maximum atomic E-state index is 13.2. The summed E-state index contributed by atoms with van der Waals surface area (Å²) in [6.45, 7) is 3.38. The van der Waals surface area contributed by atoms with Crippen molar-refractivity contribution < 1.29 is 24.5 Å². The number of hydrogen-bond donors (Lipinski definition) is 2. The first-order chi connectivity index (χ1) is 16.5. The second-order valence-electron chi connectivity index (χ2n) is 10.5. The average Bonchev–Trinajstić information content (AvgIpc) is 2.82. The standard InChI is InChI=1S/C27H40N2O5/c30-23-11-16-29(25(32)22-9-6-10-22)15-5-4-12-27(26(33)34-20-24(23)31)13-17-28(18-14-27)19-21-7-2-1-3-8-21/h1-3,7-8,22-24,30-31H,4-6,9-20H2/t23-,24+/m0/s1. The minimum atomic E-state index is -1.14. The highest BCUT2D eigenvalue weighted by molar-refractivity contribution is 5.79. The summed E-state index contributed by atoms with van der Waals surface area (Å²) < 4.78 is 5.58.